The number of carbonyl (C=O) groups excluding carboxylic acids is 1. The van der Waals surface area contributed by atoms with Crippen molar-refractivity contribution in [1.82, 2.24) is 29.6 Å². The van der Waals surface area contributed by atoms with Gasteiger partial charge in [0.1, 0.15) is 17.8 Å². The van der Waals surface area contributed by atoms with Crippen molar-refractivity contribution in [2.45, 2.75) is 26.4 Å². The number of carbonyl (C=O) groups is 1. The molecular weight excluding hydrogens is 294 g/mol. The van der Waals surface area contributed by atoms with E-state index in [9.17, 15) is 4.79 Å². The predicted molar refractivity (Wildman–Crippen MR) is 85.7 cm³/mol. The first-order chi connectivity index (χ1) is 11.0. The van der Waals surface area contributed by atoms with Crippen molar-refractivity contribution in [3.05, 3.63) is 23.9 Å². The van der Waals surface area contributed by atoms with Gasteiger partial charge in [0.2, 0.25) is 0 Å². The fraction of sp³-hybridized carbons (Fsp3) is 0.333. The molecule has 0 atom stereocenters. The quantitative estimate of drug-likeness (QED) is 0.703. The normalized spacial score (nSPS) is 13.8. The van der Waals surface area contributed by atoms with E-state index in [0.717, 1.165) is 27.9 Å². The van der Waals surface area contributed by atoms with E-state index in [2.05, 4.69) is 38.8 Å². The van der Waals surface area contributed by atoms with Crippen molar-refractivity contribution in [1.29, 1.82) is 0 Å². The molecule has 8 heteroatoms. The summed E-state index contributed by atoms with van der Waals surface area (Å²) in [5.41, 5.74) is 9.97. The molecule has 3 aromatic rings. The third-order valence-corrected chi connectivity index (χ3v) is 4.16. The van der Waals surface area contributed by atoms with E-state index in [1.807, 2.05) is 6.20 Å². The maximum Gasteiger partial charge on any atom is 0.272 e. The summed E-state index contributed by atoms with van der Waals surface area (Å²) in [5, 5.41) is 8.00. The second kappa shape index (κ2) is 4.55. The molecule has 1 aliphatic rings. The first-order valence-electron chi connectivity index (χ1n) is 7.44. The number of rotatable bonds is 1. The number of anilines is 1. The Morgan fingerprint density at radius 2 is 2.13 bits per heavy atom. The lowest BCUT2D eigenvalue weighted by Gasteiger charge is -2.14. The van der Waals surface area contributed by atoms with Crippen LogP contribution in [0.15, 0.2) is 12.5 Å². The standard InChI is InChI=1S/C15H17N7O/c1-7(2)22-9-4-17-15(23)12-8(5-21(3)20-12)10(9)11-13(16)18-6-19-14(11)22/h5-7H,4H2,1-3H3,(H,17,23)(H2,16,18,19). The number of nitrogens with two attached hydrogens (primary N) is 1. The van der Waals surface area contributed by atoms with Crippen LogP contribution in [-0.4, -0.2) is 30.2 Å². The third-order valence-electron chi connectivity index (χ3n) is 4.16. The number of nitrogens with one attached hydrogen (secondary N) is 1. The van der Waals surface area contributed by atoms with Crippen molar-refractivity contribution in [3.63, 3.8) is 0 Å². The molecule has 0 saturated heterocycles. The average molecular weight is 311 g/mol. The maximum absolute atomic E-state index is 12.3. The zero-order valence-electron chi connectivity index (χ0n) is 13.2. The van der Waals surface area contributed by atoms with E-state index in [-0.39, 0.29) is 11.9 Å². The molecule has 4 rings (SSSR count). The first kappa shape index (κ1) is 13.7. The Kier molecular flexibility index (Phi) is 2.72. The van der Waals surface area contributed by atoms with Gasteiger partial charge in [-0.3, -0.25) is 9.48 Å². The van der Waals surface area contributed by atoms with Crippen molar-refractivity contribution >= 4 is 22.8 Å². The van der Waals surface area contributed by atoms with Gasteiger partial charge in [-0.15, -0.1) is 0 Å². The number of nitrogen functional groups attached to an aromatic ring is 1. The molecule has 4 heterocycles. The van der Waals surface area contributed by atoms with Gasteiger partial charge in [-0.1, -0.05) is 0 Å². The number of aromatic nitrogens is 5. The van der Waals surface area contributed by atoms with Gasteiger partial charge in [0, 0.05) is 36.1 Å². The fourth-order valence-electron chi connectivity index (χ4n) is 3.31. The molecule has 3 N–H and O–H groups in total. The highest BCUT2D eigenvalue weighted by molar-refractivity contribution is 6.09. The van der Waals surface area contributed by atoms with Crippen LogP contribution in [-0.2, 0) is 13.6 Å². The summed E-state index contributed by atoms with van der Waals surface area (Å²) in [7, 11) is 1.79. The smallest absolute Gasteiger partial charge is 0.272 e. The monoisotopic (exact) mass is 311 g/mol. The van der Waals surface area contributed by atoms with Gasteiger partial charge < -0.3 is 15.6 Å². The van der Waals surface area contributed by atoms with Crippen LogP contribution in [0.1, 0.15) is 36.1 Å². The minimum Gasteiger partial charge on any atom is -0.383 e. The summed E-state index contributed by atoms with van der Waals surface area (Å²) in [4.78, 5) is 20.9. The molecule has 0 aromatic carbocycles. The van der Waals surface area contributed by atoms with Gasteiger partial charge in [-0.2, -0.15) is 5.10 Å². The summed E-state index contributed by atoms with van der Waals surface area (Å²) in [6, 6.07) is 0.172. The molecular formula is C15H17N7O. The van der Waals surface area contributed by atoms with E-state index >= 15 is 0 Å². The highest BCUT2D eigenvalue weighted by atomic mass is 16.2. The minimum atomic E-state index is -0.185. The van der Waals surface area contributed by atoms with Crippen LogP contribution >= 0.6 is 0 Å². The number of hydrogen-bond acceptors (Lipinski definition) is 5. The molecule has 0 fully saturated rings. The molecule has 8 nitrogen and oxygen atoms in total. The van der Waals surface area contributed by atoms with Gasteiger partial charge >= 0.3 is 0 Å². The number of hydrogen-bond donors (Lipinski definition) is 2. The van der Waals surface area contributed by atoms with Crippen LogP contribution in [0, 0.1) is 0 Å². The SMILES string of the molecule is CC(C)n1c2c(c3c(N)ncnc31)-c1cn(C)nc1C(=O)NC2. The molecule has 0 bridgehead atoms. The zero-order chi connectivity index (χ0) is 16.3. The van der Waals surface area contributed by atoms with Gasteiger partial charge in [0.15, 0.2) is 5.69 Å². The van der Waals surface area contributed by atoms with E-state index in [1.54, 1.807) is 11.7 Å². The van der Waals surface area contributed by atoms with E-state index in [0.29, 0.717) is 18.1 Å². The van der Waals surface area contributed by atoms with Crippen molar-refractivity contribution < 1.29 is 4.79 Å². The number of aryl methyl sites for hydroxylation is 1. The molecule has 1 amide bonds. The van der Waals surface area contributed by atoms with Gasteiger partial charge in [0.25, 0.3) is 5.91 Å². The Hall–Kier alpha value is -2.90. The van der Waals surface area contributed by atoms with Crippen molar-refractivity contribution in [2.24, 2.45) is 7.05 Å². The molecule has 1 aliphatic heterocycles. The average Bonchev–Trinajstić information content (AvgIpc) is 2.99. The van der Waals surface area contributed by atoms with Gasteiger partial charge in [0.05, 0.1) is 11.9 Å². The van der Waals surface area contributed by atoms with Crippen LogP contribution in [0.4, 0.5) is 5.82 Å². The van der Waals surface area contributed by atoms with Gasteiger partial charge in [-0.05, 0) is 13.8 Å². The lowest BCUT2D eigenvalue weighted by Crippen LogP contribution is -2.24. The molecule has 118 valence electrons. The number of fused-ring (bicyclic) bond motifs is 5. The Balaban J connectivity index is 2.21. The van der Waals surface area contributed by atoms with Crippen molar-refractivity contribution in [2.75, 3.05) is 5.73 Å². The molecule has 0 unspecified atom stereocenters. The molecule has 0 aliphatic carbocycles. The van der Waals surface area contributed by atoms with Crippen LogP contribution in [0.25, 0.3) is 22.2 Å². The molecule has 0 radical (unpaired) electrons. The second-order valence-electron chi connectivity index (χ2n) is 5.99. The Labute approximate surface area is 132 Å². The summed E-state index contributed by atoms with van der Waals surface area (Å²) in [6.45, 7) is 4.56. The second-order valence-corrected chi connectivity index (χ2v) is 5.99. The Bertz CT molecular complexity index is 951. The highest BCUT2D eigenvalue weighted by Gasteiger charge is 2.30. The lowest BCUT2D eigenvalue weighted by atomic mass is 10.0. The molecule has 0 spiro atoms. The van der Waals surface area contributed by atoms with Gasteiger partial charge in [-0.25, -0.2) is 9.97 Å². The highest BCUT2D eigenvalue weighted by Crippen LogP contribution is 2.40. The Morgan fingerprint density at radius 1 is 1.35 bits per heavy atom. The minimum absolute atomic E-state index is 0.172. The van der Waals surface area contributed by atoms with Crippen LogP contribution in [0.5, 0.6) is 0 Å². The lowest BCUT2D eigenvalue weighted by molar-refractivity contribution is 0.0946. The summed E-state index contributed by atoms with van der Waals surface area (Å²) >= 11 is 0. The van der Waals surface area contributed by atoms with E-state index in [4.69, 9.17) is 5.73 Å². The predicted octanol–water partition coefficient (Wildman–Crippen LogP) is 1.24. The summed E-state index contributed by atoms with van der Waals surface area (Å²) < 4.78 is 3.74. The topological polar surface area (TPSA) is 104 Å². The van der Waals surface area contributed by atoms with Crippen LogP contribution in [0.3, 0.4) is 0 Å². The largest absolute Gasteiger partial charge is 0.383 e. The summed E-state index contributed by atoms with van der Waals surface area (Å²) in [5.74, 6) is 0.227. The third kappa shape index (κ3) is 1.77. The summed E-state index contributed by atoms with van der Waals surface area (Å²) in [6.07, 6.45) is 3.31. The number of amides is 1. The molecule has 23 heavy (non-hydrogen) atoms. The first-order valence-corrected chi connectivity index (χ1v) is 7.44. The maximum atomic E-state index is 12.3. The van der Waals surface area contributed by atoms with E-state index in [1.165, 1.54) is 6.33 Å². The van der Waals surface area contributed by atoms with Crippen molar-refractivity contribution in [3.8, 4) is 11.1 Å². The zero-order valence-corrected chi connectivity index (χ0v) is 13.2. The molecule has 3 aromatic heterocycles. The Morgan fingerprint density at radius 3 is 2.87 bits per heavy atom. The number of nitrogens with zero attached hydrogens (tertiary/aromatic N) is 5. The molecule has 0 saturated carbocycles. The fourth-order valence-corrected chi connectivity index (χ4v) is 3.31. The van der Waals surface area contributed by atoms with Crippen LogP contribution in [0.2, 0.25) is 0 Å². The van der Waals surface area contributed by atoms with E-state index < -0.39 is 0 Å². The van der Waals surface area contributed by atoms with Crippen LogP contribution < -0.4 is 11.1 Å².